The first-order valence-corrected chi connectivity index (χ1v) is 5.59. The van der Waals surface area contributed by atoms with Gasteiger partial charge in [-0.15, -0.1) is 5.54 Å². The van der Waals surface area contributed by atoms with E-state index in [1.54, 1.807) is 0 Å². The van der Waals surface area contributed by atoms with Crippen LogP contribution >= 0.6 is 0 Å². The zero-order chi connectivity index (χ0) is 7.23. The van der Waals surface area contributed by atoms with Gasteiger partial charge in [-0.25, -0.2) is 0 Å². The Morgan fingerprint density at radius 3 is 2.08 bits per heavy atom. The van der Waals surface area contributed by atoms with Crippen LogP contribution in [0.5, 0.6) is 0 Å². The van der Waals surface area contributed by atoms with Gasteiger partial charge in [0.05, 0.1) is 0 Å². The van der Waals surface area contributed by atoms with Crippen LogP contribution in [0.1, 0.15) is 5.56 Å². The van der Waals surface area contributed by atoms with E-state index in [0.29, 0.717) is 0 Å². The van der Waals surface area contributed by atoms with Crippen LogP contribution in [0.3, 0.4) is 0 Å². The minimum Gasteiger partial charge on any atom is -1.00 e. The summed E-state index contributed by atoms with van der Waals surface area (Å²) in [7, 11) is -0.0909. The third-order valence-electron chi connectivity index (χ3n) is 1.18. The van der Waals surface area contributed by atoms with Crippen molar-refractivity contribution in [3.63, 3.8) is 0 Å². The third kappa shape index (κ3) is 8.78. The Bertz CT molecular complexity index is 253. The molecule has 0 aliphatic rings. The van der Waals surface area contributed by atoms with Crippen molar-refractivity contribution in [1.82, 2.24) is 0 Å². The molecule has 0 atom stereocenters. The summed E-state index contributed by atoms with van der Waals surface area (Å²) in [6, 6.07) is 10.1. The van der Waals surface area contributed by atoms with Gasteiger partial charge in [0, 0.05) is 5.56 Å². The van der Waals surface area contributed by atoms with Gasteiger partial charge in [0.1, 0.15) is 9.52 Å². The second kappa shape index (κ2) is 12.5. The topological polar surface area (TPSA) is 0 Å². The summed E-state index contributed by atoms with van der Waals surface area (Å²) in [4.78, 5) is 0. The van der Waals surface area contributed by atoms with Crippen molar-refractivity contribution >= 4 is 9.52 Å². The summed E-state index contributed by atoms with van der Waals surface area (Å²) in [6.45, 7) is 2.19. The molecule has 0 heterocycles. The largest absolute Gasteiger partial charge is 2.00 e. The molecule has 1 aromatic rings. The normalized spacial score (nSPS) is 7.15. The summed E-state index contributed by atoms with van der Waals surface area (Å²) >= 11 is 0. The van der Waals surface area contributed by atoms with Crippen LogP contribution < -0.4 is 24.8 Å². The standard InChI is InChI=1S/C9H10Si.2ClH.Zr/c1-10-8-7-9-5-3-2-4-6-9;;;/h2-6H,10H2,1H3;2*1H;/q;;;+2/p-2. The molecule has 0 saturated carbocycles. The fourth-order valence-corrected chi connectivity index (χ4v) is 1.09. The maximum Gasteiger partial charge on any atom is 2.00 e. The summed E-state index contributed by atoms with van der Waals surface area (Å²) < 4.78 is 0. The first-order chi connectivity index (χ1) is 4.93. The summed E-state index contributed by atoms with van der Waals surface area (Å²) in [6.07, 6.45) is 0. The fourth-order valence-electron chi connectivity index (χ4n) is 0.712. The smallest absolute Gasteiger partial charge is 1.00 e. The van der Waals surface area contributed by atoms with Crippen molar-refractivity contribution in [2.45, 2.75) is 6.55 Å². The average molecular weight is 308 g/mol. The molecule has 13 heavy (non-hydrogen) atoms. The van der Waals surface area contributed by atoms with Gasteiger partial charge >= 0.3 is 26.2 Å². The molecular weight excluding hydrogens is 298 g/mol. The Kier molecular flexibility index (Phi) is 18.3. The number of halogens is 2. The fraction of sp³-hybridized carbons (Fsp3) is 0.111. The van der Waals surface area contributed by atoms with Crippen molar-refractivity contribution in [2.75, 3.05) is 0 Å². The quantitative estimate of drug-likeness (QED) is 0.333. The molecular formula is C9H10Cl2SiZr. The zero-order valence-electron chi connectivity index (χ0n) is 7.35. The van der Waals surface area contributed by atoms with E-state index in [4.69, 9.17) is 0 Å². The summed E-state index contributed by atoms with van der Waals surface area (Å²) in [5, 5.41) is 0. The van der Waals surface area contributed by atoms with E-state index in [2.05, 4.69) is 18.0 Å². The van der Waals surface area contributed by atoms with Gasteiger partial charge in [0.15, 0.2) is 0 Å². The zero-order valence-corrected chi connectivity index (χ0v) is 12.7. The molecule has 0 nitrogen and oxygen atoms in total. The van der Waals surface area contributed by atoms with Crippen molar-refractivity contribution < 1.29 is 51.0 Å². The van der Waals surface area contributed by atoms with Crippen molar-refractivity contribution in [3.05, 3.63) is 35.9 Å². The Labute approximate surface area is 114 Å². The van der Waals surface area contributed by atoms with Crippen LogP contribution in [0, 0.1) is 11.5 Å². The SMILES string of the molecule is C[SiH2]C#Cc1ccccc1.[Cl-].[Cl-].[Zr+2]. The summed E-state index contributed by atoms with van der Waals surface area (Å²) in [5.41, 5.74) is 4.29. The van der Waals surface area contributed by atoms with E-state index in [0.717, 1.165) is 5.56 Å². The maximum atomic E-state index is 3.15. The molecule has 68 valence electrons. The van der Waals surface area contributed by atoms with Gasteiger partial charge in [-0.2, -0.15) is 0 Å². The second-order valence-corrected chi connectivity index (χ2v) is 3.08. The van der Waals surface area contributed by atoms with E-state index in [9.17, 15) is 0 Å². The molecule has 0 spiro atoms. The molecule has 0 fully saturated rings. The molecule has 1 rings (SSSR count). The maximum absolute atomic E-state index is 3.15. The van der Waals surface area contributed by atoms with Gasteiger partial charge in [0.25, 0.3) is 0 Å². The van der Waals surface area contributed by atoms with Gasteiger partial charge in [-0.1, -0.05) is 30.7 Å². The molecule has 0 saturated heterocycles. The monoisotopic (exact) mass is 306 g/mol. The Morgan fingerprint density at radius 2 is 1.62 bits per heavy atom. The molecule has 1 aromatic carbocycles. The minimum atomic E-state index is -0.0909. The van der Waals surface area contributed by atoms with E-state index in [-0.39, 0.29) is 60.5 Å². The second-order valence-electron chi connectivity index (χ2n) is 2.02. The van der Waals surface area contributed by atoms with Crippen LogP contribution in [0.25, 0.3) is 0 Å². The van der Waals surface area contributed by atoms with Crippen molar-refractivity contribution in [1.29, 1.82) is 0 Å². The van der Waals surface area contributed by atoms with E-state index in [1.165, 1.54) is 0 Å². The molecule has 0 radical (unpaired) electrons. The van der Waals surface area contributed by atoms with Crippen LogP contribution in [0.4, 0.5) is 0 Å². The first-order valence-electron chi connectivity index (χ1n) is 3.47. The average Bonchev–Trinajstić information content (AvgIpc) is 2.03. The third-order valence-corrected chi connectivity index (χ3v) is 1.71. The summed E-state index contributed by atoms with van der Waals surface area (Å²) in [5.74, 6) is 3.11. The minimum absolute atomic E-state index is 0. The van der Waals surface area contributed by atoms with Gasteiger partial charge < -0.3 is 24.8 Å². The molecule has 0 unspecified atom stereocenters. The van der Waals surface area contributed by atoms with Crippen molar-refractivity contribution in [3.8, 4) is 11.5 Å². The predicted octanol–water partition coefficient (Wildman–Crippen LogP) is -4.78. The Morgan fingerprint density at radius 1 is 1.08 bits per heavy atom. The molecule has 0 N–H and O–H groups in total. The molecule has 4 heteroatoms. The molecule has 0 aliphatic heterocycles. The van der Waals surface area contributed by atoms with Gasteiger partial charge in [0.2, 0.25) is 0 Å². The van der Waals surface area contributed by atoms with Crippen molar-refractivity contribution in [2.24, 2.45) is 0 Å². The van der Waals surface area contributed by atoms with Gasteiger partial charge in [-0.05, 0) is 12.1 Å². The predicted molar refractivity (Wildman–Crippen MR) is 47.7 cm³/mol. The van der Waals surface area contributed by atoms with Gasteiger partial charge in [-0.3, -0.25) is 0 Å². The Balaban J connectivity index is -0.000000333. The number of benzene rings is 1. The van der Waals surface area contributed by atoms with Crippen LogP contribution in [0.2, 0.25) is 6.55 Å². The number of hydrogen-bond acceptors (Lipinski definition) is 0. The molecule has 0 bridgehead atoms. The number of rotatable bonds is 0. The number of hydrogen-bond donors (Lipinski definition) is 0. The van der Waals surface area contributed by atoms with E-state index >= 15 is 0 Å². The van der Waals surface area contributed by atoms with E-state index in [1.807, 2.05) is 30.3 Å². The molecule has 0 aliphatic carbocycles. The van der Waals surface area contributed by atoms with Crippen LogP contribution in [-0.2, 0) is 26.2 Å². The molecule has 0 aromatic heterocycles. The Hall–Kier alpha value is 0.460. The van der Waals surface area contributed by atoms with Crippen LogP contribution in [0.15, 0.2) is 30.3 Å². The van der Waals surface area contributed by atoms with E-state index < -0.39 is 0 Å². The molecule has 0 amide bonds. The first kappa shape index (κ1) is 19.1. The van der Waals surface area contributed by atoms with Crippen LogP contribution in [-0.4, -0.2) is 9.52 Å².